The summed E-state index contributed by atoms with van der Waals surface area (Å²) in [5.74, 6) is 1.69. The minimum absolute atomic E-state index is 0.0945. The van der Waals surface area contributed by atoms with Crippen LogP contribution in [0, 0.1) is 24.0 Å². The molecule has 8 heteroatoms. The van der Waals surface area contributed by atoms with Crippen LogP contribution in [0.2, 0.25) is 0 Å². The fraction of sp³-hybridized carbons (Fsp3) is 0.409. The Kier molecular flexibility index (Phi) is 4.44. The molecule has 3 saturated heterocycles. The molecule has 0 N–H and O–H groups in total. The molecule has 1 aromatic carbocycles. The van der Waals surface area contributed by atoms with Gasteiger partial charge in [0.25, 0.3) is 5.91 Å². The average molecular weight is 410 g/mol. The van der Waals surface area contributed by atoms with Crippen molar-refractivity contribution >= 4 is 11.9 Å². The molecule has 3 fully saturated rings. The van der Waals surface area contributed by atoms with E-state index in [0.29, 0.717) is 55.8 Å². The highest BCUT2D eigenvalue weighted by Gasteiger charge is 2.58. The number of terminal acetylenes is 1. The van der Waals surface area contributed by atoms with Crippen molar-refractivity contribution in [3.8, 4) is 12.3 Å². The molecule has 4 heterocycles. The second-order valence-electron chi connectivity index (χ2n) is 7.98. The molecule has 154 valence electrons. The van der Waals surface area contributed by atoms with Crippen molar-refractivity contribution in [2.75, 3.05) is 18.0 Å². The van der Waals surface area contributed by atoms with Crippen molar-refractivity contribution < 1.29 is 18.3 Å². The number of anilines is 1. The van der Waals surface area contributed by atoms with Crippen LogP contribution in [0.4, 0.5) is 14.7 Å². The van der Waals surface area contributed by atoms with Gasteiger partial charge in [-0.05, 0) is 30.5 Å². The van der Waals surface area contributed by atoms with Gasteiger partial charge < -0.3 is 14.5 Å². The number of hydrogen-bond donors (Lipinski definition) is 0. The van der Waals surface area contributed by atoms with E-state index in [-0.39, 0.29) is 18.2 Å². The van der Waals surface area contributed by atoms with Gasteiger partial charge in [0.05, 0.1) is 11.6 Å². The average Bonchev–Trinajstić information content (AvgIpc) is 3.26. The molecule has 0 saturated carbocycles. The molecule has 0 bridgehead atoms. The molecular weight excluding hydrogens is 390 g/mol. The number of halogens is 2. The summed E-state index contributed by atoms with van der Waals surface area (Å²) in [6.07, 6.45) is 10.5. The van der Waals surface area contributed by atoms with E-state index in [1.807, 2.05) is 4.90 Å². The molecule has 3 aliphatic rings. The Bertz CT molecular complexity index is 1010. The molecule has 2 atom stereocenters. The molecular formula is C22H20F2N4O2. The second kappa shape index (κ2) is 7.03. The summed E-state index contributed by atoms with van der Waals surface area (Å²) in [4.78, 5) is 25.7. The Morgan fingerprint density at radius 3 is 2.40 bits per heavy atom. The maximum absolute atomic E-state index is 13.7. The Balaban J connectivity index is 1.33. The van der Waals surface area contributed by atoms with Crippen LogP contribution in [-0.2, 0) is 9.53 Å². The van der Waals surface area contributed by atoms with E-state index in [0.717, 1.165) is 6.07 Å². The summed E-state index contributed by atoms with van der Waals surface area (Å²) in [6, 6.07) is 3.07. The van der Waals surface area contributed by atoms with Crippen LogP contribution in [0.3, 0.4) is 0 Å². The van der Waals surface area contributed by atoms with Crippen molar-refractivity contribution in [1.29, 1.82) is 0 Å². The van der Waals surface area contributed by atoms with Crippen molar-refractivity contribution in [3.63, 3.8) is 0 Å². The first kappa shape index (κ1) is 18.9. The minimum atomic E-state index is -0.898. The number of ether oxygens (including phenoxy) is 1. The van der Waals surface area contributed by atoms with E-state index in [4.69, 9.17) is 11.2 Å². The van der Waals surface area contributed by atoms with Gasteiger partial charge in [-0.3, -0.25) is 4.79 Å². The summed E-state index contributed by atoms with van der Waals surface area (Å²) < 4.78 is 33.7. The SMILES string of the molecule is C#Cc1cnc(N2CCC3(CC2)O[C@@H]2CC[C@@H](c4cc(F)cc(F)c4)N2C3=O)nc1. The first-order valence-corrected chi connectivity index (χ1v) is 9.99. The number of aromatic nitrogens is 2. The quantitative estimate of drug-likeness (QED) is 0.713. The summed E-state index contributed by atoms with van der Waals surface area (Å²) in [5, 5.41) is 0. The molecule has 5 rings (SSSR count). The Hall–Kier alpha value is -3.05. The number of rotatable bonds is 2. The fourth-order valence-corrected chi connectivity index (χ4v) is 4.77. The minimum Gasteiger partial charge on any atom is -0.342 e. The van der Waals surface area contributed by atoms with Crippen LogP contribution in [0.5, 0.6) is 0 Å². The third kappa shape index (κ3) is 3.01. The molecule has 30 heavy (non-hydrogen) atoms. The monoisotopic (exact) mass is 410 g/mol. The number of hydrogen-bond acceptors (Lipinski definition) is 5. The lowest BCUT2D eigenvalue weighted by Gasteiger charge is -2.37. The summed E-state index contributed by atoms with van der Waals surface area (Å²) >= 11 is 0. The molecule has 0 radical (unpaired) electrons. The van der Waals surface area contributed by atoms with E-state index in [2.05, 4.69) is 15.9 Å². The highest BCUT2D eigenvalue weighted by Crippen LogP contribution is 2.47. The number of benzene rings is 1. The number of nitrogens with zero attached hydrogens (tertiary/aromatic N) is 4. The largest absolute Gasteiger partial charge is 0.342 e. The van der Waals surface area contributed by atoms with Gasteiger partial charge in [0.1, 0.15) is 17.9 Å². The highest BCUT2D eigenvalue weighted by atomic mass is 19.1. The van der Waals surface area contributed by atoms with Gasteiger partial charge in [-0.25, -0.2) is 18.7 Å². The summed E-state index contributed by atoms with van der Waals surface area (Å²) in [7, 11) is 0. The van der Waals surface area contributed by atoms with Crippen LogP contribution >= 0.6 is 0 Å². The molecule has 2 aromatic rings. The van der Waals surface area contributed by atoms with Crippen LogP contribution in [0.1, 0.15) is 42.9 Å². The predicted molar refractivity (Wildman–Crippen MR) is 104 cm³/mol. The lowest BCUT2D eigenvalue weighted by Crippen LogP contribution is -2.50. The van der Waals surface area contributed by atoms with Gasteiger partial charge in [-0.1, -0.05) is 5.92 Å². The van der Waals surface area contributed by atoms with E-state index in [1.165, 1.54) is 12.1 Å². The molecule has 1 aromatic heterocycles. The van der Waals surface area contributed by atoms with Gasteiger partial charge in [0.2, 0.25) is 5.95 Å². The zero-order valence-corrected chi connectivity index (χ0v) is 16.2. The van der Waals surface area contributed by atoms with Crippen LogP contribution in [0.15, 0.2) is 30.6 Å². The zero-order valence-electron chi connectivity index (χ0n) is 16.2. The van der Waals surface area contributed by atoms with Crippen molar-refractivity contribution in [3.05, 3.63) is 53.4 Å². The Morgan fingerprint density at radius 1 is 1.10 bits per heavy atom. The van der Waals surface area contributed by atoms with Crippen molar-refractivity contribution in [2.24, 2.45) is 0 Å². The Morgan fingerprint density at radius 2 is 1.77 bits per heavy atom. The third-order valence-corrected chi connectivity index (χ3v) is 6.25. The standard InChI is InChI=1S/C22H20F2N4O2/c1-2-14-12-25-21(26-13-14)27-7-5-22(6-8-27)20(29)28-18(3-4-19(28)30-22)15-9-16(23)11-17(24)10-15/h1,9-13,18-19H,3-8H2/t18-,19+/m0/s1. The zero-order chi connectivity index (χ0) is 20.9. The summed E-state index contributed by atoms with van der Waals surface area (Å²) in [5.41, 5.74) is 0.190. The van der Waals surface area contributed by atoms with E-state index < -0.39 is 17.2 Å². The highest BCUT2D eigenvalue weighted by molar-refractivity contribution is 5.88. The maximum atomic E-state index is 13.7. The van der Waals surface area contributed by atoms with E-state index >= 15 is 0 Å². The number of carbonyl (C=O) groups is 1. The molecule has 1 spiro atoms. The van der Waals surface area contributed by atoms with Crippen molar-refractivity contribution in [1.82, 2.24) is 14.9 Å². The molecule has 6 nitrogen and oxygen atoms in total. The topological polar surface area (TPSA) is 58.6 Å². The van der Waals surface area contributed by atoms with Gasteiger partial charge in [0, 0.05) is 44.4 Å². The molecule has 1 amide bonds. The maximum Gasteiger partial charge on any atom is 0.257 e. The van der Waals surface area contributed by atoms with Gasteiger partial charge >= 0.3 is 0 Å². The van der Waals surface area contributed by atoms with Crippen LogP contribution in [-0.4, -0.2) is 45.7 Å². The molecule has 0 aliphatic carbocycles. The van der Waals surface area contributed by atoms with E-state index in [9.17, 15) is 13.6 Å². The van der Waals surface area contributed by atoms with Crippen LogP contribution in [0.25, 0.3) is 0 Å². The summed E-state index contributed by atoms with van der Waals surface area (Å²) in [6.45, 7) is 1.14. The first-order chi connectivity index (χ1) is 14.5. The number of carbonyl (C=O) groups excluding carboxylic acids is 1. The fourth-order valence-electron chi connectivity index (χ4n) is 4.77. The number of amides is 1. The third-order valence-electron chi connectivity index (χ3n) is 6.25. The van der Waals surface area contributed by atoms with Gasteiger partial charge in [-0.2, -0.15) is 0 Å². The predicted octanol–water partition coefficient (Wildman–Crippen LogP) is 2.80. The van der Waals surface area contributed by atoms with Crippen LogP contribution < -0.4 is 4.90 Å². The Labute approximate surface area is 172 Å². The van der Waals surface area contributed by atoms with Gasteiger partial charge in [0.15, 0.2) is 5.60 Å². The van der Waals surface area contributed by atoms with Gasteiger partial charge in [-0.15, -0.1) is 6.42 Å². The molecule has 0 unspecified atom stereocenters. The van der Waals surface area contributed by atoms with Crippen molar-refractivity contribution in [2.45, 2.75) is 43.6 Å². The lowest BCUT2D eigenvalue weighted by molar-refractivity contribution is -0.140. The van der Waals surface area contributed by atoms with E-state index in [1.54, 1.807) is 17.3 Å². The smallest absolute Gasteiger partial charge is 0.257 e. The first-order valence-electron chi connectivity index (χ1n) is 9.99. The number of fused-ring (bicyclic) bond motifs is 1. The molecule has 3 aliphatic heterocycles. The second-order valence-corrected chi connectivity index (χ2v) is 7.98. The lowest BCUT2D eigenvalue weighted by atomic mass is 9.89. The normalized spacial score (nSPS) is 24.9. The number of piperidine rings is 1.